The van der Waals surface area contributed by atoms with Crippen LogP contribution in [0.4, 0.5) is 5.13 Å². The number of aryl methyl sites for hydroxylation is 1. The maximum absolute atomic E-state index is 12.6. The Bertz CT molecular complexity index is 998. The Balaban J connectivity index is 1.34. The molecule has 0 saturated carbocycles. The molecular formula is C24H26N4OS. The van der Waals surface area contributed by atoms with Crippen molar-refractivity contribution in [3.8, 4) is 0 Å². The van der Waals surface area contributed by atoms with Crippen LogP contribution in [-0.2, 0) is 11.2 Å². The summed E-state index contributed by atoms with van der Waals surface area (Å²) in [6.45, 7) is 5.23. The lowest BCUT2D eigenvalue weighted by Crippen LogP contribution is -2.34. The molecule has 0 spiro atoms. The second kappa shape index (κ2) is 9.67. The molecule has 2 aromatic carbocycles. The van der Waals surface area contributed by atoms with E-state index >= 15 is 0 Å². The van der Waals surface area contributed by atoms with Gasteiger partial charge in [-0.15, -0.1) is 0 Å². The molecule has 1 saturated heterocycles. The van der Waals surface area contributed by atoms with Crippen LogP contribution in [0.1, 0.15) is 28.9 Å². The average Bonchev–Trinajstić information content (AvgIpc) is 3.09. The molecule has 1 aromatic heterocycles. The Hall–Kier alpha value is -2.99. The topological polar surface area (TPSA) is 49.3 Å². The molecule has 2 heterocycles. The van der Waals surface area contributed by atoms with Gasteiger partial charge in [-0.1, -0.05) is 60.2 Å². The minimum atomic E-state index is 0.0676. The number of aromatic nitrogens is 2. The van der Waals surface area contributed by atoms with Gasteiger partial charge in [0, 0.05) is 50.2 Å². The van der Waals surface area contributed by atoms with E-state index in [1.165, 1.54) is 22.7 Å². The monoisotopic (exact) mass is 418 g/mol. The van der Waals surface area contributed by atoms with Crippen LogP contribution in [0, 0.1) is 6.92 Å². The molecule has 3 aromatic rings. The number of carbonyl (C=O) groups is 1. The molecule has 4 rings (SSSR count). The average molecular weight is 419 g/mol. The van der Waals surface area contributed by atoms with Gasteiger partial charge in [-0.05, 0) is 30.5 Å². The van der Waals surface area contributed by atoms with Crippen molar-refractivity contribution < 1.29 is 4.79 Å². The van der Waals surface area contributed by atoms with Gasteiger partial charge in [-0.2, -0.15) is 4.37 Å². The normalized spacial score (nSPS) is 14.8. The smallest absolute Gasteiger partial charge is 0.246 e. The van der Waals surface area contributed by atoms with Crippen molar-refractivity contribution in [3.63, 3.8) is 0 Å². The van der Waals surface area contributed by atoms with Crippen molar-refractivity contribution in [3.05, 3.63) is 83.2 Å². The molecule has 30 heavy (non-hydrogen) atoms. The zero-order valence-electron chi connectivity index (χ0n) is 17.2. The van der Waals surface area contributed by atoms with Crippen molar-refractivity contribution >= 4 is 28.6 Å². The third kappa shape index (κ3) is 5.33. The van der Waals surface area contributed by atoms with E-state index in [0.29, 0.717) is 6.54 Å². The van der Waals surface area contributed by atoms with Gasteiger partial charge < -0.3 is 9.80 Å². The lowest BCUT2D eigenvalue weighted by molar-refractivity contribution is -0.125. The number of hydrogen-bond acceptors (Lipinski definition) is 5. The van der Waals surface area contributed by atoms with Crippen molar-refractivity contribution in [2.45, 2.75) is 19.8 Å². The molecule has 1 fully saturated rings. The SMILES string of the molecule is Cc1ccc(Cc2nsc(N3CCCN(C(=O)/C=C/c4ccccc4)CC3)n2)cc1. The molecule has 1 amide bonds. The highest BCUT2D eigenvalue weighted by molar-refractivity contribution is 7.09. The summed E-state index contributed by atoms with van der Waals surface area (Å²) >= 11 is 1.45. The van der Waals surface area contributed by atoms with Gasteiger partial charge in [0.25, 0.3) is 0 Å². The highest BCUT2D eigenvalue weighted by Crippen LogP contribution is 2.21. The van der Waals surface area contributed by atoms with Crippen molar-refractivity contribution in [2.75, 3.05) is 31.1 Å². The van der Waals surface area contributed by atoms with Crippen LogP contribution in [0.3, 0.4) is 0 Å². The fraction of sp³-hybridized carbons (Fsp3) is 0.292. The maximum atomic E-state index is 12.6. The molecule has 0 aliphatic carbocycles. The van der Waals surface area contributed by atoms with E-state index in [1.807, 2.05) is 41.3 Å². The number of carbonyl (C=O) groups excluding carboxylic acids is 1. The van der Waals surface area contributed by atoms with Gasteiger partial charge in [-0.25, -0.2) is 4.98 Å². The van der Waals surface area contributed by atoms with Crippen molar-refractivity contribution in [1.29, 1.82) is 0 Å². The Kier molecular flexibility index (Phi) is 6.54. The molecule has 0 bridgehead atoms. The molecule has 6 heteroatoms. The van der Waals surface area contributed by atoms with Gasteiger partial charge in [0.2, 0.25) is 11.0 Å². The van der Waals surface area contributed by atoms with Crippen LogP contribution >= 0.6 is 11.5 Å². The summed E-state index contributed by atoms with van der Waals surface area (Å²) in [5.74, 6) is 0.930. The molecule has 0 atom stereocenters. The number of anilines is 1. The highest BCUT2D eigenvalue weighted by atomic mass is 32.1. The van der Waals surface area contributed by atoms with Crippen LogP contribution in [-0.4, -0.2) is 46.3 Å². The molecule has 5 nitrogen and oxygen atoms in total. The second-order valence-electron chi connectivity index (χ2n) is 7.57. The lowest BCUT2D eigenvalue weighted by atomic mass is 10.1. The van der Waals surface area contributed by atoms with Gasteiger partial charge in [0.05, 0.1) is 0 Å². The molecule has 0 unspecified atom stereocenters. The van der Waals surface area contributed by atoms with E-state index in [1.54, 1.807) is 6.08 Å². The highest BCUT2D eigenvalue weighted by Gasteiger charge is 2.20. The molecule has 0 N–H and O–H groups in total. The number of nitrogens with zero attached hydrogens (tertiary/aromatic N) is 4. The number of rotatable bonds is 5. The van der Waals surface area contributed by atoms with Gasteiger partial charge in [0.1, 0.15) is 5.82 Å². The molecular weight excluding hydrogens is 392 g/mol. The minimum Gasteiger partial charge on any atom is -0.345 e. The van der Waals surface area contributed by atoms with Crippen molar-refractivity contribution in [1.82, 2.24) is 14.3 Å². The van der Waals surface area contributed by atoms with Crippen LogP contribution in [0.15, 0.2) is 60.7 Å². The Morgan fingerprint density at radius 3 is 2.63 bits per heavy atom. The van der Waals surface area contributed by atoms with Crippen LogP contribution in [0.25, 0.3) is 6.08 Å². The van der Waals surface area contributed by atoms with Gasteiger partial charge in [0.15, 0.2) is 0 Å². The third-order valence-corrected chi connectivity index (χ3v) is 6.05. The molecule has 0 radical (unpaired) electrons. The van der Waals surface area contributed by atoms with Crippen LogP contribution < -0.4 is 4.90 Å². The first kappa shape index (κ1) is 20.3. The van der Waals surface area contributed by atoms with Gasteiger partial charge in [-0.3, -0.25) is 4.79 Å². The first-order valence-electron chi connectivity index (χ1n) is 10.3. The summed E-state index contributed by atoms with van der Waals surface area (Å²) in [6, 6.07) is 18.4. The fourth-order valence-corrected chi connectivity index (χ4v) is 4.24. The van der Waals surface area contributed by atoms with Crippen LogP contribution in [0.2, 0.25) is 0 Å². The Labute approximate surface area is 181 Å². The van der Waals surface area contributed by atoms with E-state index in [4.69, 9.17) is 4.98 Å². The summed E-state index contributed by atoms with van der Waals surface area (Å²) in [5.41, 5.74) is 3.52. The van der Waals surface area contributed by atoms with Gasteiger partial charge >= 0.3 is 0 Å². The lowest BCUT2D eigenvalue weighted by Gasteiger charge is -2.20. The minimum absolute atomic E-state index is 0.0676. The Morgan fingerprint density at radius 1 is 1.03 bits per heavy atom. The predicted octanol–water partition coefficient (Wildman–Crippen LogP) is 4.19. The predicted molar refractivity (Wildman–Crippen MR) is 123 cm³/mol. The van der Waals surface area contributed by atoms with Crippen molar-refractivity contribution in [2.24, 2.45) is 0 Å². The summed E-state index contributed by atoms with van der Waals surface area (Å²) < 4.78 is 4.55. The first-order valence-corrected chi connectivity index (χ1v) is 11.1. The zero-order valence-corrected chi connectivity index (χ0v) is 18.0. The quantitative estimate of drug-likeness (QED) is 0.583. The summed E-state index contributed by atoms with van der Waals surface area (Å²) in [6.07, 6.45) is 5.24. The van der Waals surface area contributed by atoms with E-state index in [2.05, 4.69) is 40.5 Å². The number of hydrogen-bond donors (Lipinski definition) is 0. The molecule has 1 aliphatic rings. The van der Waals surface area contributed by atoms with E-state index in [9.17, 15) is 4.79 Å². The van der Waals surface area contributed by atoms with Crippen LogP contribution in [0.5, 0.6) is 0 Å². The third-order valence-electron chi connectivity index (χ3n) is 5.24. The summed E-state index contributed by atoms with van der Waals surface area (Å²) in [4.78, 5) is 21.5. The second-order valence-corrected chi connectivity index (χ2v) is 8.30. The largest absolute Gasteiger partial charge is 0.345 e. The maximum Gasteiger partial charge on any atom is 0.246 e. The number of amides is 1. The number of benzene rings is 2. The standard InChI is InChI=1S/C24H26N4OS/c1-19-8-10-21(11-9-19)18-22-25-24(30-26-22)28-15-5-14-27(16-17-28)23(29)13-12-20-6-3-2-4-7-20/h2-4,6-13H,5,14-18H2,1H3/b13-12+. The Morgan fingerprint density at radius 2 is 1.83 bits per heavy atom. The fourth-order valence-electron chi connectivity index (χ4n) is 3.50. The molecule has 154 valence electrons. The first-order chi connectivity index (χ1) is 14.7. The van der Waals surface area contributed by atoms with E-state index < -0.39 is 0 Å². The van der Waals surface area contributed by atoms with E-state index in [-0.39, 0.29) is 5.91 Å². The summed E-state index contributed by atoms with van der Waals surface area (Å²) in [5, 5.41) is 0.950. The zero-order chi connectivity index (χ0) is 20.8. The summed E-state index contributed by atoms with van der Waals surface area (Å²) in [7, 11) is 0. The van der Waals surface area contributed by atoms with E-state index in [0.717, 1.165) is 49.0 Å². The molecule has 1 aliphatic heterocycles.